The normalized spacial score (nSPS) is 11.7. The summed E-state index contributed by atoms with van der Waals surface area (Å²) >= 11 is 12.3. The van der Waals surface area contributed by atoms with E-state index in [-0.39, 0.29) is 33.9 Å². The number of phenolic OH excluding ortho intramolecular Hbond substituents is 1. The molecule has 4 aromatic rings. The number of aromatic hydroxyl groups is 1. The van der Waals surface area contributed by atoms with Crippen LogP contribution in [0.3, 0.4) is 0 Å². The van der Waals surface area contributed by atoms with Gasteiger partial charge in [0, 0.05) is 15.4 Å². The summed E-state index contributed by atoms with van der Waals surface area (Å²) in [6.45, 7) is 3.84. The molecule has 0 aromatic heterocycles. The fraction of sp³-hybridized carbons (Fsp3) is 0.148. The number of nitrogens with one attached hydrogen (secondary N) is 1. The monoisotopic (exact) mass is 587 g/mol. The number of amides is 1. The highest BCUT2D eigenvalue weighted by molar-refractivity contribution is 7.86. The smallest absolute Gasteiger partial charge is 0.297 e. The third kappa shape index (κ3) is 6.15. The van der Waals surface area contributed by atoms with E-state index < -0.39 is 26.7 Å². The highest BCUT2D eigenvalue weighted by Crippen LogP contribution is 2.41. The molecule has 0 heterocycles. The molecule has 4 aromatic carbocycles. The zero-order valence-electron chi connectivity index (χ0n) is 20.8. The van der Waals surface area contributed by atoms with E-state index in [2.05, 4.69) is 15.5 Å². The molecule has 3 N–H and O–H groups in total. The van der Waals surface area contributed by atoms with Gasteiger partial charge in [-0.15, -0.1) is 10.2 Å². The molecular formula is C27H23Cl2N3O6S. The maximum atomic E-state index is 13.3. The third-order valence-electron chi connectivity index (χ3n) is 5.74. The largest absolute Gasteiger partial charge is 0.505 e. The van der Waals surface area contributed by atoms with Crippen LogP contribution in [0, 0.1) is 0 Å². The first-order valence-electron chi connectivity index (χ1n) is 11.7. The molecule has 0 aliphatic carbocycles. The Morgan fingerprint density at radius 3 is 2.44 bits per heavy atom. The minimum absolute atomic E-state index is 0.0892. The number of anilines is 1. The lowest BCUT2D eigenvalue weighted by atomic mass is 10.0. The van der Waals surface area contributed by atoms with Crippen molar-refractivity contribution >= 4 is 67.1 Å². The predicted octanol–water partition coefficient (Wildman–Crippen LogP) is 7.73. The number of carbonyl (C=O) groups excluding carboxylic acids is 1. The summed E-state index contributed by atoms with van der Waals surface area (Å²) in [4.78, 5) is 12.9. The Hall–Kier alpha value is -3.70. The average Bonchev–Trinajstić information content (AvgIpc) is 2.88. The number of hydrogen-bond donors (Lipinski definition) is 3. The molecule has 0 atom stereocenters. The summed E-state index contributed by atoms with van der Waals surface area (Å²) in [7, 11) is -4.68. The van der Waals surface area contributed by atoms with Crippen LogP contribution < -0.4 is 10.1 Å². The molecule has 0 saturated heterocycles. The van der Waals surface area contributed by atoms with E-state index in [0.29, 0.717) is 33.8 Å². The van der Waals surface area contributed by atoms with Gasteiger partial charge in [0.1, 0.15) is 22.0 Å². The number of ether oxygens (including phenoxy) is 1. The molecule has 0 saturated carbocycles. The molecular weight excluding hydrogens is 565 g/mol. The topological polar surface area (TPSA) is 138 Å². The molecule has 0 aliphatic rings. The average molecular weight is 588 g/mol. The lowest BCUT2D eigenvalue weighted by Gasteiger charge is -2.14. The molecule has 202 valence electrons. The zero-order valence-corrected chi connectivity index (χ0v) is 23.1. The van der Waals surface area contributed by atoms with Gasteiger partial charge >= 0.3 is 0 Å². The standard InChI is InChI=1S/C27H23Cl2N3O6S/c1-3-15-11-18(29)14-22(26(15)39(35,36)37)31-32-24-19-8-6-5-7-16(19)12-20(25(24)33)27(34)30-21-13-17(28)9-10-23(21)38-4-2/h5-14,33H,3-4H2,1-2H3,(H,30,34)(H,35,36,37). The minimum atomic E-state index is -4.68. The molecule has 1 amide bonds. The number of benzene rings is 4. The van der Waals surface area contributed by atoms with Crippen LogP contribution in [0.5, 0.6) is 11.5 Å². The van der Waals surface area contributed by atoms with Crippen molar-refractivity contribution in [2.45, 2.75) is 25.2 Å². The van der Waals surface area contributed by atoms with Crippen molar-refractivity contribution < 1.29 is 27.6 Å². The second-order valence-corrected chi connectivity index (χ2v) is 10.5. The molecule has 0 bridgehead atoms. The Balaban J connectivity index is 1.85. The van der Waals surface area contributed by atoms with Crippen LogP contribution in [0.2, 0.25) is 10.0 Å². The van der Waals surface area contributed by atoms with E-state index in [9.17, 15) is 22.9 Å². The molecule has 0 radical (unpaired) electrons. The Bertz CT molecular complexity index is 1720. The number of halogens is 2. The number of rotatable bonds is 8. The third-order valence-corrected chi connectivity index (χ3v) is 7.18. The maximum Gasteiger partial charge on any atom is 0.297 e. The Morgan fingerprint density at radius 1 is 1.00 bits per heavy atom. The van der Waals surface area contributed by atoms with Crippen LogP contribution in [0.4, 0.5) is 17.1 Å². The molecule has 4 rings (SSSR count). The van der Waals surface area contributed by atoms with Crippen LogP contribution in [0.15, 0.2) is 75.8 Å². The number of carbonyl (C=O) groups is 1. The van der Waals surface area contributed by atoms with Crippen LogP contribution in [0.25, 0.3) is 10.8 Å². The molecule has 9 nitrogen and oxygen atoms in total. The number of fused-ring (bicyclic) bond motifs is 1. The van der Waals surface area contributed by atoms with Crippen molar-refractivity contribution in [1.29, 1.82) is 0 Å². The van der Waals surface area contributed by atoms with Gasteiger partial charge in [-0.05, 0) is 60.7 Å². The molecule has 0 aliphatic heterocycles. The van der Waals surface area contributed by atoms with Gasteiger partial charge < -0.3 is 15.2 Å². The summed E-state index contributed by atoms with van der Waals surface area (Å²) in [5.74, 6) is -0.783. The van der Waals surface area contributed by atoms with Crippen LogP contribution in [0.1, 0.15) is 29.8 Å². The van der Waals surface area contributed by atoms with E-state index in [1.54, 1.807) is 50.2 Å². The van der Waals surface area contributed by atoms with Crippen LogP contribution >= 0.6 is 23.2 Å². The summed E-state index contributed by atoms with van der Waals surface area (Å²) in [5.41, 5.74) is 0.108. The summed E-state index contributed by atoms with van der Waals surface area (Å²) in [5, 5.41) is 23.6. The first kappa shape index (κ1) is 28.3. The minimum Gasteiger partial charge on any atom is -0.505 e. The summed E-state index contributed by atoms with van der Waals surface area (Å²) in [6.07, 6.45) is 0.245. The van der Waals surface area contributed by atoms with Crippen molar-refractivity contribution in [2.24, 2.45) is 10.2 Å². The van der Waals surface area contributed by atoms with E-state index >= 15 is 0 Å². The number of hydrogen-bond acceptors (Lipinski definition) is 7. The van der Waals surface area contributed by atoms with Crippen LogP contribution in [-0.2, 0) is 16.5 Å². The fourth-order valence-corrected chi connectivity index (χ4v) is 5.34. The fourth-order valence-electron chi connectivity index (χ4n) is 4.04. The molecule has 0 spiro atoms. The lowest BCUT2D eigenvalue weighted by molar-refractivity contribution is 0.102. The van der Waals surface area contributed by atoms with E-state index in [0.717, 1.165) is 0 Å². The Morgan fingerprint density at radius 2 is 1.74 bits per heavy atom. The van der Waals surface area contributed by atoms with Gasteiger partial charge in [-0.3, -0.25) is 9.35 Å². The van der Waals surface area contributed by atoms with Gasteiger partial charge in [0.25, 0.3) is 16.0 Å². The van der Waals surface area contributed by atoms with E-state index in [4.69, 9.17) is 27.9 Å². The highest BCUT2D eigenvalue weighted by atomic mass is 35.5. The number of aryl methyl sites for hydroxylation is 1. The SMILES string of the molecule is CCOc1ccc(Cl)cc1NC(=O)c1cc2ccccc2c(N=Nc2cc(Cl)cc(CC)c2S(=O)(=O)O)c1O. The van der Waals surface area contributed by atoms with Crippen molar-refractivity contribution in [2.75, 3.05) is 11.9 Å². The first-order valence-corrected chi connectivity index (χ1v) is 13.9. The molecule has 12 heteroatoms. The van der Waals surface area contributed by atoms with Gasteiger partial charge in [0.05, 0.1) is 17.9 Å². The van der Waals surface area contributed by atoms with Crippen molar-refractivity contribution in [1.82, 2.24) is 0 Å². The van der Waals surface area contributed by atoms with Gasteiger partial charge in [-0.25, -0.2) is 0 Å². The summed E-state index contributed by atoms with van der Waals surface area (Å²) in [6, 6.07) is 15.7. The quantitative estimate of drug-likeness (QED) is 0.142. The number of azo groups is 1. The van der Waals surface area contributed by atoms with Gasteiger partial charge in [-0.1, -0.05) is 54.4 Å². The predicted molar refractivity (Wildman–Crippen MR) is 151 cm³/mol. The van der Waals surface area contributed by atoms with Gasteiger partial charge in [-0.2, -0.15) is 8.42 Å². The second kappa shape index (κ2) is 11.6. The maximum absolute atomic E-state index is 13.3. The second-order valence-electron chi connectivity index (χ2n) is 8.31. The van der Waals surface area contributed by atoms with Crippen molar-refractivity contribution in [3.63, 3.8) is 0 Å². The van der Waals surface area contributed by atoms with Gasteiger partial charge in [0.15, 0.2) is 5.75 Å². The van der Waals surface area contributed by atoms with E-state index in [1.165, 1.54) is 24.3 Å². The molecule has 0 unspecified atom stereocenters. The zero-order chi connectivity index (χ0) is 28.3. The number of phenols is 1. The lowest BCUT2D eigenvalue weighted by Crippen LogP contribution is -2.13. The van der Waals surface area contributed by atoms with Crippen molar-refractivity contribution in [3.05, 3.63) is 81.8 Å². The Kier molecular flexibility index (Phi) is 8.41. The molecule has 0 fully saturated rings. The van der Waals surface area contributed by atoms with Crippen LogP contribution in [-0.4, -0.2) is 30.6 Å². The van der Waals surface area contributed by atoms with Gasteiger partial charge in [0.2, 0.25) is 0 Å². The molecule has 39 heavy (non-hydrogen) atoms. The highest BCUT2D eigenvalue weighted by Gasteiger charge is 2.23. The number of nitrogens with zero attached hydrogens (tertiary/aromatic N) is 2. The van der Waals surface area contributed by atoms with Crippen molar-refractivity contribution in [3.8, 4) is 11.5 Å². The van der Waals surface area contributed by atoms with E-state index in [1.807, 2.05) is 0 Å². The Labute approximate surface area is 234 Å². The first-order chi connectivity index (χ1) is 18.5. The summed E-state index contributed by atoms with van der Waals surface area (Å²) < 4.78 is 39.7.